The Morgan fingerprint density at radius 2 is 1.87 bits per heavy atom. The van der Waals surface area contributed by atoms with Crippen LogP contribution < -0.4 is 10.6 Å². The molecule has 1 aromatic heterocycles. The third kappa shape index (κ3) is 5.74. The monoisotopic (exact) mass is 311 g/mol. The predicted octanol–water partition coefficient (Wildman–Crippen LogP) is 3.78. The lowest BCUT2D eigenvalue weighted by molar-refractivity contribution is 0.0950. The second-order valence-electron chi connectivity index (χ2n) is 6.21. The van der Waals surface area contributed by atoms with Crippen LogP contribution in [-0.2, 0) is 6.54 Å². The topological polar surface area (TPSA) is 54.0 Å². The maximum Gasteiger partial charge on any atom is 0.253 e. The zero-order valence-electron chi connectivity index (χ0n) is 14.1. The summed E-state index contributed by atoms with van der Waals surface area (Å²) in [5, 5.41) is 6.18. The predicted molar refractivity (Wildman–Crippen MR) is 94.5 cm³/mol. The van der Waals surface area contributed by atoms with Crippen molar-refractivity contribution in [1.82, 2.24) is 10.3 Å². The van der Waals surface area contributed by atoms with E-state index in [1.165, 1.54) is 5.56 Å². The van der Waals surface area contributed by atoms with Gasteiger partial charge in [0.25, 0.3) is 5.91 Å². The van der Waals surface area contributed by atoms with Gasteiger partial charge in [-0.2, -0.15) is 0 Å². The van der Waals surface area contributed by atoms with Crippen LogP contribution in [-0.4, -0.2) is 17.4 Å². The smallest absolute Gasteiger partial charge is 0.253 e. The highest BCUT2D eigenvalue weighted by Crippen LogP contribution is 2.08. The largest absolute Gasteiger partial charge is 0.370 e. The average Bonchev–Trinajstić information content (AvgIpc) is 2.54. The summed E-state index contributed by atoms with van der Waals surface area (Å²) in [6, 6.07) is 11.8. The van der Waals surface area contributed by atoms with Gasteiger partial charge in [0.1, 0.15) is 5.82 Å². The highest BCUT2D eigenvalue weighted by atomic mass is 16.1. The molecule has 0 radical (unpaired) electrons. The van der Waals surface area contributed by atoms with Crippen molar-refractivity contribution in [2.45, 2.75) is 33.7 Å². The molecule has 0 aliphatic heterocycles. The number of hydrogen-bond donors (Lipinski definition) is 2. The Morgan fingerprint density at radius 3 is 2.48 bits per heavy atom. The zero-order valence-corrected chi connectivity index (χ0v) is 14.1. The number of anilines is 1. The minimum absolute atomic E-state index is 0.105. The van der Waals surface area contributed by atoms with E-state index in [1.807, 2.05) is 37.3 Å². The van der Waals surface area contributed by atoms with Crippen LogP contribution in [0, 0.1) is 12.8 Å². The summed E-state index contributed by atoms with van der Waals surface area (Å²) in [7, 11) is 0. The van der Waals surface area contributed by atoms with Crippen LogP contribution in [0.2, 0.25) is 0 Å². The van der Waals surface area contributed by atoms with Crippen LogP contribution >= 0.6 is 0 Å². The van der Waals surface area contributed by atoms with Crippen molar-refractivity contribution >= 4 is 11.7 Å². The first kappa shape index (κ1) is 17.0. The molecular weight excluding hydrogens is 286 g/mol. The van der Waals surface area contributed by atoms with E-state index in [1.54, 1.807) is 12.3 Å². The lowest BCUT2D eigenvalue weighted by Gasteiger charge is -2.09. The first-order valence-electron chi connectivity index (χ1n) is 8.08. The number of rotatable bonds is 7. The van der Waals surface area contributed by atoms with Crippen LogP contribution in [0.15, 0.2) is 42.6 Å². The molecule has 0 saturated carbocycles. The van der Waals surface area contributed by atoms with Gasteiger partial charge >= 0.3 is 0 Å². The average molecular weight is 311 g/mol. The number of aromatic nitrogens is 1. The number of hydrogen-bond acceptors (Lipinski definition) is 3. The van der Waals surface area contributed by atoms with Gasteiger partial charge in [-0.15, -0.1) is 0 Å². The van der Waals surface area contributed by atoms with E-state index in [2.05, 4.69) is 29.5 Å². The maximum atomic E-state index is 12.1. The molecule has 0 fully saturated rings. The minimum Gasteiger partial charge on any atom is -0.370 e. The molecule has 0 saturated heterocycles. The van der Waals surface area contributed by atoms with E-state index in [4.69, 9.17) is 0 Å². The highest BCUT2D eigenvalue weighted by Gasteiger charge is 2.06. The van der Waals surface area contributed by atoms with Gasteiger partial charge in [-0.1, -0.05) is 43.7 Å². The molecule has 2 aromatic rings. The van der Waals surface area contributed by atoms with Crippen molar-refractivity contribution in [3.05, 3.63) is 59.3 Å². The molecule has 4 heteroatoms. The van der Waals surface area contributed by atoms with Gasteiger partial charge in [-0.05, 0) is 37.0 Å². The third-order valence-electron chi connectivity index (χ3n) is 3.63. The Kier molecular flexibility index (Phi) is 6.15. The Hall–Kier alpha value is -2.36. The molecule has 0 aliphatic rings. The molecule has 0 bridgehead atoms. The second-order valence-corrected chi connectivity index (χ2v) is 6.21. The van der Waals surface area contributed by atoms with Gasteiger partial charge in [0, 0.05) is 19.3 Å². The Morgan fingerprint density at radius 1 is 1.13 bits per heavy atom. The maximum absolute atomic E-state index is 12.1. The molecule has 1 aromatic carbocycles. The fourth-order valence-electron chi connectivity index (χ4n) is 2.11. The summed E-state index contributed by atoms with van der Waals surface area (Å²) in [6.07, 6.45) is 2.71. The first-order valence-corrected chi connectivity index (χ1v) is 8.08. The summed E-state index contributed by atoms with van der Waals surface area (Å²) < 4.78 is 0. The zero-order chi connectivity index (χ0) is 16.7. The van der Waals surface area contributed by atoms with Crippen molar-refractivity contribution < 1.29 is 4.79 Å². The van der Waals surface area contributed by atoms with E-state index < -0.39 is 0 Å². The van der Waals surface area contributed by atoms with Crippen molar-refractivity contribution in [3.8, 4) is 0 Å². The quantitative estimate of drug-likeness (QED) is 0.818. The molecule has 0 atom stereocenters. The van der Waals surface area contributed by atoms with Gasteiger partial charge in [0.15, 0.2) is 0 Å². The van der Waals surface area contributed by atoms with Crippen LogP contribution in [0.3, 0.4) is 0 Å². The molecule has 122 valence electrons. The second kappa shape index (κ2) is 8.32. The molecule has 2 rings (SSSR count). The summed E-state index contributed by atoms with van der Waals surface area (Å²) in [4.78, 5) is 16.4. The number of carbonyl (C=O) groups is 1. The molecule has 2 N–H and O–H groups in total. The standard InChI is InChI=1S/C19H25N3O/c1-14(2)10-11-20-18-9-8-17(13-21-18)19(23)22-12-16-6-4-15(3)5-7-16/h4-9,13-14H,10-12H2,1-3H3,(H,20,21)(H,22,23). The normalized spacial score (nSPS) is 10.6. The van der Waals surface area contributed by atoms with Crippen LogP contribution in [0.25, 0.3) is 0 Å². The summed E-state index contributed by atoms with van der Waals surface area (Å²) in [5.41, 5.74) is 2.88. The van der Waals surface area contributed by atoms with Gasteiger partial charge in [0.2, 0.25) is 0 Å². The molecule has 23 heavy (non-hydrogen) atoms. The summed E-state index contributed by atoms with van der Waals surface area (Å²) >= 11 is 0. The van der Waals surface area contributed by atoms with Gasteiger partial charge in [-0.3, -0.25) is 4.79 Å². The van der Waals surface area contributed by atoms with Gasteiger partial charge in [0.05, 0.1) is 5.56 Å². The molecule has 0 unspecified atom stereocenters. The number of nitrogens with zero attached hydrogens (tertiary/aromatic N) is 1. The molecular formula is C19H25N3O. The third-order valence-corrected chi connectivity index (χ3v) is 3.63. The Labute approximate surface area is 138 Å². The number of benzene rings is 1. The lowest BCUT2D eigenvalue weighted by atomic mass is 10.1. The Balaban J connectivity index is 1.83. The fourth-order valence-corrected chi connectivity index (χ4v) is 2.11. The van der Waals surface area contributed by atoms with E-state index in [0.717, 1.165) is 24.3 Å². The van der Waals surface area contributed by atoms with Crippen molar-refractivity contribution in [2.24, 2.45) is 5.92 Å². The van der Waals surface area contributed by atoms with Crippen LogP contribution in [0.5, 0.6) is 0 Å². The first-order chi connectivity index (χ1) is 11.0. The highest BCUT2D eigenvalue weighted by molar-refractivity contribution is 5.93. The summed E-state index contributed by atoms with van der Waals surface area (Å²) in [5.74, 6) is 1.36. The van der Waals surface area contributed by atoms with Crippen LogP contribution in [0.1, 0.15) is 41.8 Å². The van der Waals surface area contributed by atoms with Gasteiger partial charge in [-0.25, -0.2) is 4.98 Å². The molecule has 0 aliphatic carbocycles. The van der Waals surface area contributed by atoms with E-state index in [-0.39, 0.29) is 5.91 Å². The molecule has 4 nitrogen and oxygen atoms in total. The number of pyridine rings is 1. The number of aryl methyl sites for hydroxylation is 1. The SMILES string of the molecule is Cc1ccc(CNC(=O)c2ccc(NCCC(C)C)nc2)cc1. The molecule has 0 spiro atoms. The van der Waals surface area contributed by atoms with E-state index in [0.29, 0.717) is 18.0 Å². The molecule has 1 amide bonds. The molecule has 1 heterocycles. The number of carbonyl (C=O) groups excluding carboxylic acids is 1. The fraction of sp³-hybridized carbons (Fsp3) is 0.368. The van der Waals surface area contributed by atoms with Crippen molar-refractivity contribution in [1.29, 1.82) is 0 Å². The van der Waals surface area contributed by atoms with Crippen molar-refractivity contribution in [2.75, 3.05) is 11.9 Å². The lowest BCUT2D eigenvalue weighted by Crippen LogP contribution is -2.23. The van der Waals surface area contributed by atoms with Crippen LogP contribution in [0.4, 0.5) is 5.82 Å². The van der Waals surface area contributed by atoms with E-state index >= 15 is 0 Å². The minimum atomic E-state index is -0.105. The number of nitrogens with one attached hydrogen (secondary N) is 2. The number of amides is 1. The van der Waals surface area contributed by atoms with Crippen molar-refractivity contribution in [3.63, 3.8) is 0 Å². The summed E-state index contributed by atoms with van der Waals surface area (Å²) in [6.45, 7) is 7.84. The van der Waals surface area contributed by atoms with E-state index in [9.17, 15) is 4.79 Å². The Bertz CT molecular complexity index is 618. The van der Waals surface area contributed by atoms with Gasteiger partial charge < -0.3 is 10.6 Å².